The monoisotopic (exact) mass is 469 g/mol. The fourth-order valence-electron chi connectivity index (χ4n) is 2.81. The Labute approximate surface area is 189 Å². The molecule has 1 aromatic heterocycles. The average Bonchev–Trinajstić information content (AvgIpc) is 3.24. The standard InChI is InChI=1S/C19H31N7O7/c1-10(24-17(30)12(21)7-15(27)28)16(29)25-13(4-2-3-5-20)18(31)26-14(19(32)33)6-11-8-22-9-23-11/h8-10,12-14H,2-7,20-21H2,1H3,(H,22,23)(H,24,30)(H,25,29)(H,26,31)(H,27,28)(H,32,33). The van der Waals surface area contributed by atoms with Crippen LogP contribution in [0, 0.1) is 0 Å². The topological polar surface area (TPSA) is 243 Å². The summed E-state index contributed by atoms with van der Waals surface area (Å²) in [5.74, 6) is -4.81. The molecule has 0 aliphatic rings. The van der Waals surface area contributed by atoms with Gasteiger partial charge in [-0.1, -0.05) is 0 Å². The molecule has 0 saturated heterocycles. The summed E-state index contributed by atoms with van der Waals surface area (Å²) in [5.41, 5.74) is 11.5. The second kappa shape index (κ2) is 13.8. The lowest BCUT2D eigenvalue weighted by Crippen LogP contribution is -2.56. The van der Waals surface area contributed by atoms with Crippen molar-refractivity contribution in [1.82, 2.24) is 25.9 Å². The van der Waals surface area contributed by atoms with Crippen molar-refractivity contribution in [3.63, 3.8) is 0 Å². The van der Waals surface area contributed by atoms with Gasteiger partial charge in [-0.2, -0.15) is 0 Å². The van der Waals surface area contributed by atoms with E-state index in [1.54, 1.807) is 0 Å². The van der Waals surface area contributed by atoms with Crippen molar-refractivity contribution in [2.45, 2.75) is 63.2 Å². The van der Waals surface area contributed by atoms with Crippen LogP contribution in [0.25, 0.3) is 0 Å². The quantitative estimate of drug-likeness (QED) is 0.125. The zero-order valence-electron chi connectivity index (χ0n) is 18.2. The summed E-state index contributed by atoms with van der Waals surface area (Å²) in [4.78, 5) is 66.1. The van der Waals surface area contributed by atoms with Gasteiger partial charge in [-0.15, -0.1) is 0 Å². The van der Waals surface area contributed by atoms with Crippen LogP contribution >= 0.6 is 0 Å². The number of carboxylic acid groups (broad SMARTS) is 2. The van der Waals surface area contributed by atoms with Gasteiger partial charge in [0, 0.05) is 18.3 Å². The third-order valence-electron chi connectivity index (χ3n) is 4.66. The maximum atomic E-state index is 12.8. The third-order valence-corrected chi connectivity index (χ3v) is 4.66. The highest BCUT2D eigenvalue weighted by atomic mass is 16.4. The number of carbonyl (C=O) groups excluding carboxylic acids is 3. The van der Waals surface area contributed by atoms with Crippen LogP contribution in [0.2, 0.25) is 0 Å². The van der Waals surface area contributed by atoms with Crippen LogP contribution in [-0.2, 0) is 30.4 Å². The molecule has 1 heterocycles. The van der Waals surface area contributed by atoms with Crippen molar-refractivity contribution in [2.75, 3.05) is 6.54 Å². The molecule has 10 N–H and O–H groups in total. The van der Waals surface area contributed by atoms with Crippen LogP contribution in [0.3, 0.4) is 0 Å². The molecule has 1 aromatic rings. The van der Waals surface area contributed by atoms with Crippen LogP contribution in [0.4, 0.5) is 0 Å². The zero-order valence-corrected chi connectivity index (χ0v) is 18.2. The van der Waals surface area contributed by atoms with Crippen molar-refractivity contribution < 1.29 is 34.2 Å². The number of nitrogens with two attached hydrogens (primary N) is 2. The van der Waals surface area contributed by atoms with Gasteiger partial charge < -0.3 is 42.6 Å². The second-order valence-corrected chi connectivity index (χ2v) is 7.46. The number of nitrogens with one attached hydrogen (secondary N) is 4. The molecule has 1 rings (SSSR count). The Hall–Kier alpha value is -3.52. The molecule has 4 unspecified atom stereocenters. The molecule has 0 bridgehead atoms. The number of carboxylic acids is 2. The predicted octanol–water partition coefficient (Wildman–Crippen LogP) is -2.56. The van der Waals surface area contributed by atoms with E-state index in [2.05, 4.69) is 25.9 Å². The number of imidazole rings is 1. The van der Waals surface area contributed by atoms with Gasteiger partial charge >= 0.3 is 11.9 Å². The predicted molar refractivity (Wildman–Crippen MR) is 115 cm³/mol. The molecule has 33 heavy (non-hydrogen) atoms. The van der Waals surface area contributed by atoms with Crippen LogP contribution in [-0.4, -0.2) is 80.6 Å². The minimum Gasteiger partial charge on any atom is -0.481 e. The molecule has 3 amide bonds. The van der Waals surface area contributed by atoms with Gasteiger partial charge in [0.25, 0.3) is 0 Å². The van der Waals surface area contributed by atoms with Crippen molar-refractivity contribution >= 4 is 29.7 Å². The Balaban J connectivity index is 2.80. The number of aliphatic carboxylic acids is 2. The first-order valence-corrected chi connectivity index (χ1v) is 10.3. The maximum Gasteiger partial charge on any atom is 0.326 e. The van der Waals surface area contributed by atoms with E-state index >= 15 is 0 Å². The molecule has 4 atom stereocenters. The molecule has 184 valence electrons. The SMILES string of the molecule is CC(NC(=O)C(N)CC(=O)O)C(=O)NC(CCCCN)C(=O)NC(Cc1cnc[nH]1)C(=O)O. The van der Waals surface area contributed by atoms with E-state index in [4.69, 9.17) is 16.6 Å². The second-order valence-electron chi connectivity index (χ2n) is 7.46. The van der Waals surface area contributed by atoms with E-state index in [1.807, 2.05) is 0 Å². The van der Waals surface area contributed by atoms with Crippen molar-refractivity contribution in [1.29, 1.82) is 0 Å². The van der Waals surface area contributed by atoms with Crippen LogP contribution in [0.1, 0.15) is 38.3 Å². The van der Waals surface area contributed by atoms with E-state index in [1.165, 1.54) is 19.4 Å². The molecule has 0 aliphatic heterocycles. The van der Waals surface area contributed by atoms with Gasteiger partial charge in [0.05, 0.1) is 18.8 Å². The lowest BCUT2D eigenvalue weighted by Gasteiger charge is -2.23. The Morgan fingerprint density at radius 1 is 1.03 bits per heavy atom. The Morgan fingerprint density at radius 2 is 1.70 bits per heavy atom. The van der Waals surface area contributed by atoms with E-state index in [9.17, 15) is 29.1 Å². The van der Waals surface area contributed by atoms with Crippen molar-refractivity contribution in [3.8, 4) is 0 Å². The number of H-pyrrole nitrogens is 1. The highest BCUT2D eigenvalue weighted by molar-refractivity contribution is 5.94. The van der Waals surface area contributed by atoms with E-state index in [0.29, 0.717) is 25.1 Å². The maximum absolute atomic E-state index is 12.8. The molecule has 0 saturated carbocycles. The van der Waals surface area contributed by atoms with E-state index in [-0.39, 0.29) is 12.8 Å². The summed E-state index contributed by atoms with van der Waals surface area (Å²) in [6.45, 7) is 1.71. The number of carbonyl (C=O) groups is 5. The number of aromatic amines is 1. The van der Waals surface area contributed by atoms with Gasteiger partial charge in [0.15, 0.2) is 0 Å². The van der Waals surface area contributed by atoms with Gasteiger partial charge in [-0.25, -0.2) is 9.78 Å². The van der Waals surface area contributed by atoms with Gasteiger partial charge in [-0.3, -0.25) is 19.2 Å². The number of amides is 3. The fraction of sp³-hybridized carbons (Fsp3) is 0.579. The highest BCUT2D eigenvalue weighted by Crippen LogP contribution is 2.05. The Kier molecular flexibility index (Phi) is 11.5. The van der Waals surface area contributed by atoms with E-state index < -0.39 is 60.2 Å². The lowest BCUT2D eigenvalue weighted by atomic mass is 10.1. The number of hydrogen-bond donors (Lipinski definition) is 8. The number of unbranched alkanes of at least 4 members (excludes halogenated alkanes) is 1. The minimum absolute atomic E-state index is 0.0432. The summed E-state index contributed by atoms with van der Waals surface area (Å²) in [5, 5.41) is 25.3. The molecule has 0 radical (unpaired) electrons. The molecule has 0 fully saturated rings. The lowest BCUT2D eigenvalue weighted by molar-refractivity contribution is -0.142. The van der Waals surface area contributed by atoms with Crippen LogP contribution < -0.4 is 27.4 Å². The largest absolute Gasteiger partial charge is 0.481 e. The Morgan fingerprint density at radius 3 is 2.24 bits per heavy atom. The highest BCUT2D eigenvalue weighted by Gasteiger charge is 2.29. The summed E-state index contributed by atoms with van der Waals surface area (Å²) in [6.07, 6.45) is 3.40. The van der Waals surface area contributed by atoms with Crippen molar-refractivity contribution in [3.05, 3.63) is 18.2 Å². The summed E-state index contributed by atoms with van der Waals surface area (Å²) in [6, 6.07) is -4.82. The minimum atomic E-state index is -1.35. The first-order chi connectivity index (χ1) is 15.5. The van der Waals surface area contributed by atoms with Gasteiger partial charge in [0.1, 0.15) is 18.1 Å². The third kappa shape index (κ3) is 10.1. The molecule has 0 aliphatic carbocycles. The fourth-order valence-corrected chi connectivity index (χ4v) is 2.81. The molecule has 14 heteroatoms. The zero-order chi connectivity index (χ0) is 25.0. The summed E-state index contributed by atoms with van der Waals surface area (Å²) >= 11 is 0. The van der Waals surface area contributed by atoms with Gasteiger partial charge in [-0.05, 0) is 32.7 Å². The molecular formula is C19H31N7O7. The summed E-state index contributed by atoms with van der Waals surface area (Å²) < 4.78 is 0. The number of hydrogen-bond acceptors (Lipinski definition) is 8. The van der Waals surface area contributed by atoms with E-state index in [0.717, 1.165) is 0 Å². The van der Waals surface area contributed by atoms with Crippen LogP contribution in [0.15, 0.2) is 12.5 Å². The summed E-state index contributed by atoms with van der Waals surface area (Å²) in [7, 11) is 0. The number of aromatic nitrogens is 2. The Bertz CT molecular complexity index is 815. The molecule has 0 aromatic carbocycles. The normalized spacial score (nSPS) is 14.4. The average molecular weight is 469 g/mol. The van der Waals surface area contributed by atoms with Crippen molar-refractivity contribution in [2.24, 2.45) is 11.5 Å². The van der Waals surface area contributed by atoms with Crippen LogP contribution in [0.5, 0.6) is 0 Å². The first kappa shape index (κ1) is 27.5. The molecule has 0 spiro atoms. The number of nitrogens with zero attached hydrogens (tertiary/aromatic N) is 1. The smallest absolute Gasteiger partial charge is 0.326 e. The number of rotatable bonds is 15. The van der Waals surface area contributed by atoms with Gasteiger partial charge in [0.2, 0.25) is 17.7 Å². The first-order valence-electron chi connectivity index (χ1n) is 10.3. The molecule has 14 nitrogen and oxygen atoms in total. The molecular weight excluding hydrogens is 438 g/mol.